The molecule has 0 aliphatic carbocycles. The van der Waals surface area contributed by atoms with Crippen LogP contribution in [0.3, 0.4) is 0 Å². The molecule has 1 aromatic heterocycles. The molecule has 2 rings (SSSR count). The summed E-state index contributed by atoms with van der Waals surface area (Å²) in [6.07, 6.45) is 1.69. The summed E-state index contributed by atoms with van der Waals surface area (Å²) in [4.78, 5) is 10.8. The predicted octanol–water partition coefficient (Wildman–Crippen LogP) is 2.16. The molecule has 0 atom stereocenters. The fourth-order valence-electron chi connectivity index (χ4n) is 1.36. The quantitative estimate of drug-likeness (QED) is 0.808. The molecule has 0 spiro atoms. The summed E-state index contributed by atoms with van der Waals surface area (Å²) in [6.45, 7) is 0. The number of hydrogen-bond donors (Lipinski definition) is 2. The molecule has 4 nitrogen and oxygen atoms in total. The van der Waals surface area contributed by atoms with Crippen LogP contribution in [0.5, 0.6) is 0 Å². The number of hydrogen-bond acceptors (Lipinski definition) is 2. The van der Waals surface area contributed by atoms with Gasteiger partial charge in [0.25, 0.3) is 0 Å². The van der Waals surface area contributed by atoms with E-state index in [1.807, 2.05) is 0 Å². The molecule has 72 valence electrons. The van der Waals surface area contributed by atoms with Gasteiger partial charge in [0.2, 0.25) is 0 Å². The molecule has 0 amide bonds. The second-order valence-corrected chi connectivity index (χ2v) is 3.47. The van der Waals surface area contributed by atoms with Crippen molar-refractivity contribution in [2.45, 2.75) is 5.33 Å². The lowest BCUT2D eigenvalue weighted by atomic mass is 10.1. The van der Waals surface area contributed by atoms with E-state index in [9.17, 15) is 4.79 Å². The number of carbonyl (C=O) groups is 1. The number of benzene rings is 1. The average Bonchev–Trinajstić information content (AvgIpc) is 2.63. The molecule has 0 aliphatic rings. The monoisotopic (exact) mass is 254 g/mol. The molecule has 0 saturated carbocycles. The number of fused-ring (bicyclic) bond motifs is 1. The lowest BCUT2D eigenvalue weighted by molar-refractivity contribution is 0.0697. The van der Waals surface area contributed by atoms with E-state index >= 15 is 0 Å². The van der Waals surface area contributed by atoms with Crippen molar-refractivity contribution >= 4 is 32.8 Å². The molecule has 0 saturated heterocycles. The number of aromatic nitrogens is 2. The first-order chi connectivity index (χ1) is 6.72. The van der Waals surface area contributed by atoms with Crippen LogP contribution in [-0.4, -0.2) is 21.3 Å². The zero-order chi connectivity index (χ0) is 10.1. The molecule has 0 unspecified atom stereocenters. The summed E-state index contributed by atoms with van der Waals surface area (Å²) in [5, 5.41) is 17.0. The van der Waals surface area contributed by atoms with E-state index in [0.29, 0.717) is 5.33 Å². The first-order valence-corrected chi connectivity index (χ1v) is 5.10. The van der Waals surface area contributed by atoms with Gasteiger partial charge < -0.3 is 5.11 Å². The number of aromatic carboxylic acids is 1. The average molecular weight is 255 g/mol. The number of carboxylic acid groups (broad SMARTS) is 1. The molecule has 14 heavy (non-hydrogen) atoms. The van der Waals surface area contributed by atoms with Crippen LogP contribution in [-0.2, 0) is 5.33 Å². The fourth-order valence-corrected chi connectivity index (χ4v) is 1.82. The van der Waals surface area contributed by atoms with Gasteiger partial charge in [-0.3, -0.25) is 5.10 Å². The van der Waals surface area contributed by atoms with Gasteiger partial charge in [-0.25, -0.2) is 4.79 Å². The second-order valence-electron chi connectivity index (χ2n) is 2.91. The molecule has 1 aromatic carbocycles. The number of H-pyrrole nitrogens is 1. The van der Waals surface area contributed by atoms with Crippen molar-refractivity contribution in [2.75, 3.05) is 0 Å². The molecule has 1 heterocycles. The highest BCUT2D eigenvalue weighted by atomic mass is 79.9. The van der Waals surface area contributed by atoms with Gasteiger partial charge in [0.1, 0.15) is 0 Å². The minimum Gasteiger partial charge on any atom is -0.478 e. The van der Waals surface area contributed by atoms with Gasteiger partial charge in [0.05, 0.1) is 17.3 Å². The van der Waals surface area contributed by atoms with Crippen LogP contribution in [0.1, 0.15) is 15.9 Å². The van der Waals surface area contributed by atoms with Crippen LogP contribution < -0.4 is 0 Å². The number of nitrogens with zero attached hydrogens (tertiary/aromatic N) is 1. The van der Waals surface area contributed by atoms with E-state index in [0.717, 1.165) is 16.5 Å². The Kier molecular flexibility index (Phi) is 2.25. The zero-order valence-electron chi connectivity index (χ0n) is 7.12. The van der Waals surface area contributed by atoms with E-state index < -0.39 is 5.97 Å². The van der Waals surface area contributed by atoms with Crippen molar-refractivity contribution in [3.63, 3.8) is 0 Å². The molecule has 2 N–H and O–H groups in total. The van der Waals surface area contributed by atoms with Crippen LogP contribution in [0.15, 0.2) is 18.3 Å². The van der Waals surface area contributed by atoms with E-state index in [-0.39, 0.29) is 5.56 Å². The van der Waals surface area contributed by atoms with Crippen LogP contribution in [0.2, 0.25) is 0 Å². The van der Waals surface area contributed by atoms with Gasteiger partial charge in [-0.15, -0.1) is 0 Å². The summed E-state index contributed by atoms with van der Waals surface area (Å²) in [6, 6.07) is 3.23. The number of alkyl halides is 1. The number of carboxylic acids is 1. The minimum absolute atomic E-state index is 0.274. The van der Waals surface area contributed by atoms with E-state index in [1.54, 1.807) is 18.3 Å². The lowest BCUT2D eigenvalue weighted by Crippen LogP contribution is -1.97. The highest BCUT2D eigenvalue weighted by Crippen LogP contribution is 2.21. The Labute approximate surface area is 88.1 Å². The molecular weight excluding hydrogens is 248 g/mol. The van der Waals surface area contributed by atoms with E-state index in [4.69, 9.17) is 5.11 Å². The summed E-state index contributed by atoms with van der Waals surface area (Å²) in [7, 11) is 0. The van der Waals surface area contributed by atoms with Crippen molar-refractivity contribution in [3.8, 4) is 0 Å². The first kappa shape index (κ1) is 9.21. The predicted molar refractivity (Wildman–Crippen MR) is 55.7 cm³/mol. The third-order valence-electron chi connectivity index (χ3n) is 2.04. The molecule has 0 aliphatic heterocycles. The smallest absolute Gasteiger partial charge is 0.335 e. The molecule has 2 aromatic rings. The molecule has 5 heteroatoms. The Morgan fingerprint density at radius 2 is 2.36 bits per heavy atom. The van der Waals surface area contributed by atoms with Crippen LogP contribution in [0.4, 0.5) is 0 Å². The molecular formula is C9H7BrN2O2. The topological polar surface area (TPSA) is 66.0 Å². The lowest BCUT2D eigenvalue weighted by Gasteiger charge is -2.00. The van der Waals surface area contributed by atoms with Crippen molar-refractivity contribution in [1.82, 2.24) is 10.2 Å². The van der Waals surface area contributed by atoms with Gasteiger partial charge in [0, 0.05) is 10.7 Å². The fraction of sp³-hybridized carbons (Fsp3) is 0.111. The molecule has 0 bridgehead atoms. The Morgan fingerprint density at radius 1 is 1.57 bits per heavy atom. The normalized spacial score (nSPS) is 10.6. The SMILES string of the molecule is O=C(O)c1cc(CBr)c2cn[nH]c2c1. The third kappa shape index (κ3) is 1.39. The third-order valence-corrected chi connectivity index (χ3v) is 2.64. The maximum absolute atomic E-state index is 10.8. The van der Waals surface area contributed by atoms with Gasteiger partial charge in [-0.2, -0.15) is 5.10 Å². The van der Waals surface area contributed by atoms with Crippen molar-refractivity contribution in [1.29, 1.82) is 0 Å². The van der Waals surface area contributed by atoms with Gasteiger partial charge in [0.15, 0.2) is 0 Å². The van der Waals surface area contributed by atoms with Crippen molar-refractivity contribution in [2.24, 2.45) is 0 Å². The van der Waals surface area contributed by atoms with Crippen LogP contribution >= 0.6 is 15.9 Å². The molecule has 0 fully saturated rings. The van der Waals surface area contributed by atoms with Crippen LogP contribution in [0.25, 0.3) is 10.9 Å². The Bertz CT molecular complexity index is 493. The Balaban J connectivity index is 2.73. The van der Waals surface area contributed by atoms with Gasteiger partial charge >= 0.3 is 5.97 Å². The minimum atomic E-state index is -0.927. The zero-order valence-corrected chi connectivity index (χ0v) is 8.71. The standard InChI is InChI=1S/C9H7BrN2O2/c10-3-6-1-5(9(13)14)2-8-7(6)4-11-12-8/h1-2,4H,3H2,(H,11,12)(H,13,14). The summed E-state index contributed by atoms with van der Waals surface area (Å²) in [5.41, 5.74) is 1.95. The van der Waals surface area contributed by atoms with Crippen molar-refractivity contribution < 1.29 is 9.90 Å². The van der Waals surface area contributed by atoms with Gasteiger partial charge in [-0.1, -0.05) is 15.9 Å². The maximum Gasteiger partial charge on any atom is 0.335 e. The number of aromatic amines is 1. The largest absolute Gasteiger partial charge is 0.478 e. The maximum atomic E-state index is 10.8. The van der Waals surface area contributed by atoms with E-state index in [1.165, 1.54) is 0 Å². The van der Waals surface area contributed by atoms with Crippen molar-refractivity contribution in [3.05, 3.63) is 29.5 Å². The van der Waals surface area contributed by atoms with Gasteiger partial charge in [-0.05, 0) is 17.7 Å². The second kappa shape index (κ2) is 3.42. The highest BCUT2D eigenvalue weighted by molar-refractivity contribution is 9.08. The highest BCUT2D eigenvalue weighted by Gasteiger charge is 2.09. The Hall–Kier alpha value is -1.36. The van der Waals surface area contributed by atoms with E-state index in [2.05, 4.69) is 26.1 Å². The van der Waals surface area contributed by atoms with Crippen LogP contribution in [0, 0.1) is 0 Å². The number of halogens is 1. The first-order valence-electron chi connectivity index (χ1n) is 3.97. The summed E-state index contributed by atoms with van der Waals surface area (Å²) >= 11 is 3.31. The number of rotatable bonds is 2. The summed E-state index contributed by atoms with van der Waals surface area (Å²) < 4.78 is 0. The summed E-state index contributed by atoms with van der Waals surface area (Å²) in [5.74, 6) is -0.927. The molecule has 0 radical (unpaired) electrons. The number of nitrogens with one attached hydrogen (secondary N) is 1. The Morgan fingerprint density at radius 3 is 3.00 bits per heavy atom.